The summed E-state index contributed by atoms with van der Waals surface area (Å²) in [6, 6.07) is 9.73. The van der Waals surface area contributed by atoms with Crippen LogP contribution in [-0.2, 0) is 9.53 Å². The van der Waals surface area contributed by atoms with Gasteiger partial charge in [0.2, 0.25) is 0 Å². The number of aryl methyl sites for hydroxylation is 1. The molecule has 2 aromatic rings. The van der Waals surface area contributed by atoms with Crippen LogP contribution >= 0.6 is 22.9 Å². The normalized spacial score (nSPS) is 20.5. The molecule has 0 N–H and O–H groups in total. The second kappa shape index (κ2) is 5.66. The van der Waals surface area contributed by atoms with Crippen molar-refractivity contribution in [2.24, 2.45) is 0 Å². The van der Waals surface area contributed by atoms with Crippen LogP contribution in [0.1, 0.15) is 29.3 Å². The van der Waals surface area contributed by atoms with Crippen LogP contribution < -0.4 is 0 Å². The van der Waals surface area contributed by atoms with Gasteiger partial charge in [0.15, 0.2) is 0 Å². The molecule has 3 rings (SSSR count). The van der Waals surface area contributed by atoms with Crippen molar-refractivity contribution in [2.75, 3.05) is 0 Å². The third-order valence-corrected chi connectivity index (χ3v) is 4.74. The Labute approximate surface area is 133 Å². The number of hydrogen-bond donors (Lipinski definition) is 0. The number of carbonyl (C=O) groups is 1. The molecule has 0 spiro atoms. The number of ether oxygens (including phenoxy) is 1. The van der Waals surface area contributed by atoms with E-state index in [4.69, 9.17) is 16.3 Å². The Morgan fingerprint density at radius 3 is 2.76 bits per heavy atom. The number of hydrogen-bond acceptors (Lipinski definition) is 3. The topological polar surface area (TPSA) is 26.3 Å². The SMILES string of the molecule is Cc1csc(C(=C2CC(C)OC2=O)c2cccc(Cl)c2)c1. The Balaban J connectivity index is 2.21. The number of esters is 1. The van der Waals surface area contributed by atoms with Gasteiger partial charge in [-0.1, -0.05) is 23.7 Å². The molecule has 2 nitrogen and oxygen atoms in total. The predicted octanol–water partition coefficient (Wildman–Crippen LogP) is 4.85. The molecule has 0 radical (unpaired) electrons. The Bertz CT molecular complexity index is 730. The van der Waals surface area contributed by atoms with Crippen LogP contribution in [0.4, 0.5) is 0 Å². The summed E-state index contributed by atoms with van der Waals surface area (Å²) in [6.45, 7) is 3.97. The number of benzene rings is 1. The molecule has 1 saturated heterocycles. The fraction of sp³-hybridized carbons (Fsp3) is 0.235. The van der Waals surface area contributed by atoms with Gasteiger partial charge in [-0.3, -0.25) is 0 Å². The van der Waals surface area contributed by atoms with E-state index in [1.165, 1.54) is 5.56 Å². The smallest absolute Gasteiger partial charge is 0.335 e. The van der Waals surface area contributed by atoms with Gasteiger partial charge in [0.25, 0.3) is 0 Å². The molecule has 0 bridgehead atoms. The van der Waals surface area contributed by atoms with Gasteiger partial charge < -0.3 is 4.74 Å². The number of carbonyl (C=O) groups excluding carboxylic acids is 1. The Morgan fingerprint density at radius 1 is 1.38 bits per heavy atom. The highest BCUT2D eigenvalue weighted by atomic mass is 35.5. The Kier molecular flexibility index (Phi) is 3.87. The summed E-state index contributed by atoms with van der Waals surface area (Å²) >= 11 is 7.76. The number of cyclic esters (lactones) is 1. The van der Waals surface area contributed by atoms with E-state index in [1.807, 2.05) is 31.2 Å². The van der Waals surface area contributed by atoms with Crippen LogP contribution in [0, 0.1) is 6.92 Å². The van der Waals surface area contributed by atoms with Crippen molar-refractivity contribution < 1.29 is 9.53 Å². The minimum absolute atomic E-state index is 0.0669. The van der Waals surface area contributed by atoms with Gasteiger partial charge in [0.05, 0.1) is 5.57 Å². The molecule has 21 heavy (non-hydrogen) atoms. The van der Waals surface area contributed by atoms with E-state index >= 15 is 0 Å². The largest absolute Gasteiger partial charge is 0.459 e. The molecule has 0 amide bonds. The van der Waals surface area contributed by atoms with Gasteiger partial charge in [-0.25, -0.2) is 4.79 Å². The lowest BCUT2D eigenvalue weighted by molar-refractivity contribution is -0.138. The van der Waals surface area contributed by atoms with Crippen molar-refractivity contribution in [3.05, 3.63) is 62.3 Å². The Morgan fingerprint density at radius 2 is 2.19 bits per heavy atom. The molecule has 1 aliphatic rings. The molecule has 1 aromatic heterocycles. The van der Waals surface area contributed by atoms with E-state index in [-0.39, 0.29) is 12.1 Å². The molecule has 2 heterocycles. The predicted molar refractivity (Wildman–Crippen MR) is 86.7 cm³/mol. The molecule has 1 aliphatic heterocycles. The van der Waals surface area contributed by atoms with Crippen LogP contribution in [0.2, 0.25) is 5.02 Å². The van der Waals surface area contributed by atoms with Crippen LogP contribution in [0.5, 0.6) is 0 Å². The molecule has 4 heteroatoms. The first-order chi connectivity index (χ1) is 10.0. The average molecular weight is 319 g/mol. The van der Waals surface area contributed by atoms with Crippen molar-refractivity contribution in [2.45, 2.75) is 26.4 Å². The van der Waals surface area contributed by atoms with Crippen LogP contribution in [0.3, 0.4) is 0 Å². The molecule has 1 aromatic carbocycles. The maximum atomic E-state index is 12.2. The fourth-order valence-electron chi connectivity index (χ4n) is 2.54. The minimum atomic E-state index is -0.219. The first kappa shape index (κ1) is 14.4. The number of halogens is 1. The van der Waals surface area contributed by atoms with E-state index in [0.29, 0.717) is 11.4 Å². The summed E-state index contributed by atoms with van der Waals surface area (Å²) in [5.41, 5.74) is 3.84. The second-order valence-corrected chi connectivity index (χ2v) is 6.62. The summed E-state index contributed by atoms with van der Waals surface area (Å²) in [6.07, 6.45) is 0.570. The van der Waals surface area contributed by atoms with Crippen molar-refractivity contribution >= 4 is 34.5 Å². The molecule has 1 fully saturated rings. The third-order valence-electron chi connectivity index (χ3n) is 3.44. The minimum Gasteiger partial charge on any atom is -0.459 e. The molecule has 1 unspecified atom stereocenters. The second-order valence-electron chi connectivity index (χ2n) is 5.27. The summed E-state index contributed by atoms with van der Waals surface area (Å²) in [7, 11) is 0. The highest BCUT2D eigenvalue weighted by Crippen LogP contribution is 2.37. The summed E-state index contributed by atoms with van der Waals surface area (Å²) in [4.78, 5) is 13.2. The van der Waals surface area contributed by atoms with Crippen molar-refractivity contribution in [3.8, 4) is 0 Å². The van der Waals surface area contributed by atoms with E-state index in [2.05, 4.69) is 18.4 Å². The number of rotatable bonds is 2. The zero-order valence-corrected chi connectivity index (χ0v) is 13.4. The van der Waals surface area contributed by atoms with Crippen LogP contribution in [-0.4, -0.2) is 12.1 Å². The standard InChI is InChI=1S/C17H15ClO2S/c1-10-6-15(21-9-10)16(12-4-3-5-13(18)8-12)14-7-11(2)20-17(14)19/h3-6,8-9,11H,7H2,1-2H3. The van der Waals surface area contributed by atoms with Crippen molar-refractivity contribution in [3.63, 3.8) is 0 Å². The van der Waals surface area contributed by atoms with Gasteiger partial charge in [0.1, 0.15) is 6.10 Å². The lowest BCUT2D eigenvalue weighted by Crippen LogP contribution is -2.01. The van der Waals surface area contributed by atoms with Gasteiger partial charge >= 0.3 is 5.97 Å². The monoisotopic (exact) mass is 318 g/mol. The number of thiophene rings is 1. The fourth-order valence-corrected chi connectivity index (χ4v) is 3.73. The van der Waals surface area contributed by atoms with Gasteiger partial charge in [0, 0.05) is 21.9 Å². The van der Waals surface area contributed by atoms with E-state index in [9.17, 15) is 4.79 Å². The summed E-state index contributed by atoms with van der Waals surface area (Å²) in [5, 5.41) is 2.75. The van der Waals surface area contributed by atoms with Crippen molar-refractivity contribution in [1.82, 2.24) is 0 Å². The first-order valence-electron chi connectivity index (χ1n) is 6.80. The highest BCUT2D eigenvalue weighted by molar-refractivity contribution is 7.11. The highest BCUT2D eigenvalue weighted by Gasteiger charge is 2.30. The maximum absolute atomic E-state index is 12.2. The average Bonchev–Trinajstić information content (AvgIpc) is 2.97. The molecular formula is C17H15ClO2S. The Hall–Kier alpha value is -1.58. The lowest BCUT2D eigenvalue weighted by Gasteiger charge is -2.09. The molecular weight excluding hydrogens is 304 g/mol. The summed E-state index contributed by atoms with van der Waals surface area (Å²) < 4.78 is 5.31. The zero-order valence-electron chi connectivity index (χ0n) is 11.9. The van der Waals surface area contributed by atoms with Gasteiger partial charge in [-0.2, -0.15) is 0 Å². The molecule has 108 valence electrons. The van der Waals surface area contributed by atoms with E-state index in [0.717, 1.165) is 21.6 Å². The lowest BCUT2D eigenvalue weighted by atomic mass is 9.96. The molecule has 0 saturated carbocycles. The maximum Gasteiger partial charge on any atom is 0.335 e. The van der Waals surface area contributed by atoms with Crippen LogP contribution in [0.25, 0.3) is 5.57 Å². The zero-order chi connectivity index (χ0) is 15.0. The molecule has 0 aliphatic carbocycles. The van der Waals surface area contributed by atoms with Gasteiger partial charge in [-0.15, -0.1) is 11.3 Å². The van der Waals surface area contributed by atoms with E-state index in [1.54, 1.807) is 11.3 Å². The summed E-state index contributed by atoms with van der Waals surface area (Å²) in [5.74, 6) is -0.219. The third kappa shape index (κ3) is 2.89. The molecule has 1 atom stereocenters. The van der Waals surface area contributed by atoms with Crippen molar-refractivity contribution in [1.29, 1.82) is 0 Å². The van der Waals surface area contributed by atoms with E-state index < -0.39 is 0 Å². The first-order valence-corrected chi connectivity index (χ1v) is 8.06. The van der Waals surface area contributed by atoms with Crippen LogP contribution in [0.15, 0.2) is 41.3 Å². The van der Waals surface area contributed by atoms with Gasteiger partial charge in [-0.05, 0) is 48.6 Å². The quantitative estimate of drug-likeness (QED) is 0.584.